The first-order valence-corrected chi connectivity index (χ1v) is 6.58. The van der Waals surface area contributed by atoms with E-state index in [0.717, 1.165) is 0 Å². The van der Waals surface area contributed by atoms with Crippen molar-refractivity contribution < 1.29 is 14.7 Å². The van der Waals surface area contributed by atoms with Gasteiger partial charge in [0.05, 0.1) is 5.41 Å². The second-order valence-electron chi connectivity index (χ2n) is 5.53. The van der Waals surface area contributed by atoms with Crippen molar-refractivity contribution in [2.75, 3.05) is 13.1 Å². The van der Waals surface area contributed by atoms with Gasteiger partial charge in [-0.1, -0.05) is 13.8 Å². The van der Waals surface area contributed by atoms with Crippen molar-refractivity contribution in [1.29, 1.82) is 0 Å². The molecule has 0 aromatic carbocycles. The molecule has 6 nitrogen and oxygen atoms in total. The SMILES string of the molecule is CC(C)C1(C(=O)O)CCN(C(=O)c2cc[nH]c(=O)c2)C1. The number of nitrogens with one attached hydrogen (secondary N) is 1. The van der Waals surface area contributed by atoms with Gasteiger partial charge in [-0.2, -0.15) is 0 Å². The number of H-pyrrole nitrogens is 1. The minimum atomic E-state index is -0.892. The summed E-state index contributed by atoms with van der Waals surface area (Å²) in [5.74, 6) is -1.22. The van der Waals surface area contributed by atoms with Crippen LogP contribution in [0.5, 0.6) is 0 Å². The Morgan fingerprint density at radius 2 is 2.15 bits per heavy atom. The number of likely N-dealkylation sites (tertiary alicyclic amines) is 1. The number of aliphatic carboxylic acids is 1. The number of hydrogen-bond acceptors (Lipinski definition) is 3. The number of carbonyl (C=O) groups is 2. The first-order valence-electron chi connectivity index (χ1n) is 6.58. The summed E-state index contributed by atoms with van der Waals surface area (Å²) in [4.78, 5) is 39.0. The van der Waals surface area contributed by atoms with E-state index in [1.165, 1.54) is 23.2 Å². The quantitative estimate of drug-likeness (QED) is 0.861. The maximum absolute atomic E-state index is 12.3. The summed E-state index contributed by atoms with van der Waals surface area (Å²) in [6.45, 7) is 4.30. The van der Waals surface area contributed by atoms with Crippen LogP contribution >= 0.6 is 0 Å². The Balaban J connectivity index is 2.23. The lowest BCUT2D eigenvalue weighted by atomic mass is 9.76. The standard InChI is InChI=1S/C14H18N2O4/c1-9(2)14(13(19)20)4-6-16(8-14)12(18)10-3-5-15-11(17)7-10/h3,5,7,9H,4,6,8H2,1-2H3,(H,15,17)(H,19,20). The van der Waals surface area contributed by atoms with Crippen molar-refractivity contribution in [2.24, 2.45) is 11.3 Å². The third kappa shape index (κ3) is 2.33. The molecule has 2 N–H and O–H groups in total. The molecule has 0 spiro atoms. The molecule has 20 heavy (non-hydrogen) atoms. The van der Waals surface area contributed by atoms with Crippen LogP contribution in [-0.2, 0) is 4.79 Å². The van der Waals surface area contributed by atoms with Crippen LogP contribution in [0.4, 0.5) is 0 Å². The van der Waals surface area contributed by atoms with Crippen molar-refractivity contribution in [3.63, 3.8) is 0 Å². The van der Waals surface area contributed by atoms with Gasteiger partial charge in [0.1, 0.15) is 0 Å². The fraction of sp³-hybridized carbons (Fsp3) is 0.500. The van der Waals surface area contributed by atoms with E-state index in [1.807, 2.05) is 13.8 Å². The monoisotopic (exact) mass is 278 g/mol. The maximum atomic E-state index is 12.3. The van der Waals surface area contributed by atoms with Gasteiger partial charge in [-0.05, 0) is 18.4 Å². The van der Waals surface area contributed by atoms with Gasteiger partial charge in [0.2, 0.25) is 5.56 Å². The number of carboxylic acids is 1. The molecule has 1 saturated heterocycles. The van der Waals surface area contributed by atoms with E-state index in [-0.39, 0.29) is 23.9 Å². The number of nitrogens with zero attached hydrogens (tertiary/aromatic N) is 1. The number of rotatable bonds is 3. The zero-order valence-corrected chi connectivity index (χ0v) is 11.5. The molecule has 0 saturated carbocycles. The summed E-state index contributed by atoms with van der Waals surface area (Å²) >= 11 is 0. The summed E-state index contributed by atoms with van der Waals surface area (Å²) in [6.07, 6.45) is 1.85. The predicted octanol–water partition coefficient (Wildman–Crippen LogP) is 0.948. The predicted molar refractivity (Wildman–Crippen MR) is 72.5 cm³/mol. The Bertz CT molecular complexity index is 593. The van der Waals surface area contributed by atoms with Gasteiger partial charge in [0.25, 0.3) is 5.91 Å². The summed E-state index contributed by atoms with van der Waals surface area (Å²) in [5.41, 5.74) is -0.946. The number of hydrogen-bond donors (Lipinski definition) is 2. The Kier molecular flexibility index (Phi) is 3.65. The topological polar surface area (TPSA) is 90.5 Å². The van der Waals surface area contributed by atoms with Crippen molar-refractivity contribution in [3.05, 3.63) is 34.2 Å². The molecule has 1 fully saturated rings. The largest absolute Gasteiger partial charge is 0.481 e. The Labute approximate surface area is 116 Å². The molecule has 1 amide bonds. The number of aromatic nitrogens is 1. The summed E-state index contributed by atoms with van der Waals surface area (Å²) < 4.78 is 0. The fourth-order valence-corrected chi connectivity index (χ4v) is 2.66. The molecule has 1 aliphatic rings. The molecule has 0 radical (unpaired) electrons. The molecular formula is C14H18N2O4. The van der Waals surface area contributed by atoms with Crippen LogP contribution in [0.3, 0.4) is 0 Å². The van der Waals surface area contributed by atoms with Gasteiger partial charge in [-0.15, -0.1) is 0 Å². The van der Waals surface area contributed by atoms with Gasteiger partial charge in [-0.25, -0.2) is 0 Å². The highest BCUT2D eigenvalue weighted by Gasteiger charge is 2.48. The van der Waals surface area contributed by atoms with Gasteiger partial charge in [0, 0.05) is 30.9 Å². The molecule has 1 aromatic rings. The first-order chi connectivity index (χ1) is 9.36. The van der Waals surface area contributed by atoms with Gasteiger partial charge in [-0.3, -0.25) is 14.4 Å². The van der Waals surface area contributed by atoms with E-state index in [2.05, 4.69) is 4.98 Å². The third-order valence-corrected chi connectivity index (χ3v) is 4.14. The highest BCUT2D eigenvalue weighted by molar-refractivity contribution is 5.94. The summed E-state index contributed by atoms with van der Waals surface area (Å²) in [6, 6.07) is 2.76. The zero-order chi connectivity index (χ0) is 14.9. The highest BCUT2D eigenvalue weighted by atomic mass is 16.4. The van der Waals surface area contributed by atoms with Crippen LogP contribution in [0.2, 0.25) is 0 Å². The van der Waals surface area contributed by atoms with Crippen LogP contribution in [0, 0.1) is 11.3 Å². The lowest BCUT2D eigenvalue weighted by molar-refractivity contribution is -0.150. The average molecular weight is 278 g/mol. The van der Waals surface area contributed by atoms with Gasteiger partial charge >= 0.3 is 5.97 Å². The Morgan fingerprint density at radius 3 is 2.65 bits per heavy atom. The number of aromatic amines is 1. The normalized spacial score (nSPS) is 22.2. The molecule has 1 unspecified atom stereocenters. The van der Waals surface area contributed by atoms with Gasteiger partial charge in [0.15, 0.2) is 0 Å². The second-order valence-corrected chi connectivity index (χ2v) is 5.53. The van der Waals surface area contributed by atoms with Crippen LogP contribution in [0.15, 0.2) is 23.1 Å². The maximum Gasteiger partial charge on any atom is 0.311 e. The van der Waals surface area contributed by atoms with E-state index in [1.54, 1.807) is 0 Å². The van der Waals surface area contributed by atoms with E-state index in [0.29, 0.717) is 18.5 Å². The van der Waals surface area contributed by atoms with Crippen molar-refractivity contribution in [2.45, 2.75) is 20.3 Å². The fourth-order valence-electron chi connectivity index (χ4n) is 2.66. The molecular weight excluding hydrogens is 260 g/mol. The molecule has 6 heteroatoms. The van der Waals surface area contributed by atoms with Crippen molar-refractivity contribution in [3.8, 4) is 0 Å². The minimum absolute atomic E-state index is 0.0584. The molecule has 0 bridgehead atoms. The number of carbonyl (C=O) groups excluding carboxylic acids is 1. The van der Waals surface area contributed by atoms with Crippen LogP contribution in [0.1, 0.15) is 30.6 Å². The summed E-state index contributed by atoms with van der Waals surface area (Å²) in [7, 11) is 0. The minimum Gasteiger partial charge on any atom is -0.481 e. The first kappa shape index (κ1) is 14.3. The van der Waals surface area contributed by atoms with Crippen LogP contribution in [-0.4, -0.2) is 40.0 Å². The number of amides is 1. The lowest BCUT2D eigenvalue weighted by Crippen LogP contribution is -2.40. The Morgan fingerprint density at radius 1 is 1.45 bits per heavy atom. The molecule has 2 heterocycles. The highest BCUT2D eigenvalue weighted by Crippen LogP contribution is 2.38. The molecule has 1 aliphatic heterocycles. The van der Waals surface area contributed by atoms with Crippen molar-refractivity contribution >= 4 is 11.9 Å². The zero-order valence-electron chi connectivity index (χ0n) is 11.5. The van der Waals surface area contributed by atoms with Crippen LogP contribution in [0.25, 0.3) is 0 Å². The Hall–Kier alpha value is -2.11. The third-order valence-electron chi connectivity index (χ3n) is 4.14. The number of pyridine rings is 1. The van der Waals surface area contributed by atoms with Gasteiger partial charge < -0.3 is 15.0 Å². The van der Waals surface area contributed by atoms with Crippen molar-refractivity contribution in [1.82, 2.24) is 9.88 Å². The van der Waals surface area contributed by atoms with E-state index < -0.39 is 11.4 Å². The lowest BCUT2D eigenvalue weighted by Gasteiger charge is -2.28. The van der Waals surface area contributed by atoms with Crippen LogP contribution < -0.4 is 5.56 Å². The number of carboxylic acid groups (broad SMARTS) is 1. The van der Waals surface area contributed by atoms with E-state index in [4.69, 9.17) is 0 Å². The molecule has 2 rings (SSSR count). The molecule has 1 atom stereocenters. The average Bonchev–Trinajstić information content (AvgIpc) is 2.84. The van der Waals surface area contributed by atoms with E-state index in [9.17, 15) is 19.5 Å². The molecule has 0 aliphatic carbocycles. The summed E-state index contributed by atoms with van der Waals surface area (Å²) in [5, 5.41) is 9.46. The second kappa shape index (κ2) is 5.11. The molecule has 1 aromatic heterocycles. The smallest absolute Gasteiger partial charge is 0.311 e. The van der Waals surface area contributed by atoms with E-state index >= 15 is 0 Å². The molecule has 108 valence electrons.